The lowest BCUT2D eigenvalue weighted by Gasteiger charge is -2.17. The number of carbonyl (C=O) groups excluding carboxylic acids is 2. The number of benzene rings is 2. The number of nitrogens with one attached hydrogen (secondary N) is 5. The molecule has 0 radical (unpaired) electrons. The van der Waals surface area contributed by atoms with Crippen LogP contribution in [0.1, 0.15) is 42.6 Å². The normalized spacial score (nSPS) is 11.4. The fourth-order valence-electron chi connectivity index (χ4n) is 4.93. The number of guanidine groups is 1. The third kappa shape index (κ3) is 12.4. The number of fused-ring (bicyclic) bond motifs is 1. The van der Waals surface area contributed by atoms with Gasteiger partial charge in [-0.25, -0.2) is 14.4 Å². The molecule has 2 aromatic carbocycles. The summed E-state index contributed by atoms with van der Waals surface area (Å²) < 4.78 is 35.7. The fourth-order valence-corrected chi connectivity index (χ4v) is 4.93. The number of carboxylic acid groups (broad SMARTS) is 2. The van der Waals surface area contributed by atoms with Gasteiger partial charge < -0.3 is 47.7 Å². The summed E-state index contributed by atoms with van der Waals surface area (Å²) in [5.41, 5.74) is 13.9. The van der Waals surface area contributed by atoms with Crippen molar-refractivity contribution in [1.82, 2.24) is 30.3 Å². The Balaban J connectivity index is 0.00000151. The molecular weight excluding hydrogens is 698 g/mol. The summed E-state index contributed by atoms with van der Waals surface area (Å²) in [6.45, 7) is 4.49. The first-order valence-corrected chi connectivity index (χ1v) is 16.2. The molecule has 17 nitrogen and oxygen atoms in total. The molecule has 0 spiro atoms. The fraction of sp³-hybridized carbons (Fsp3) is 0.324. The summed E-state index contributed by atoms with van der Waals surface area (Å²) in [5, 5.41) is 32.6. The van der Waals surface area contributed by atoms with Crippen LogP contribution in [0.5, 0.6) is 5.75 Å². The molecule has 11 N–H and O–H groups in total. The van der Waals surface area contributed by atoms with E-state index in [4.69, 9.17) is 41.4 Å². The van der Waals surface area contributed by atoms with E-state index in [9.17, 15) is 18.4 Å². The number of aryl methyl sites for hydroxylation is 1. The molecule has 0 saturated heterocycles. The Kier molecular flexibility index (Phi) is 17.6. The number of amides is 2. The van der Waals surface area contributed by atoms with E-state index in [-0.39, 0.29) is 47.9 Å². The second kappa shape index (κ2) is 21.8. The lowest BCUT2D eigenvalue weighted by molar-refractivity contribution is -0.123. The Morgan fingerprint density at radius 3 is 2.38 bits per heavy atom. The summed E-state index contributed by atoms with van der Waals surface area (Å²) in [7, 11) is 1.27. The zero-order valence-corrected chi connectivity index (χ0v) is 29.4. The van der Waals surface area contributed by atoms with E-state index in [1.807, 2.05) is 19.9 Å². The molecule has 0 saturated carbocycles. The predicted molar refractivity (Wildman–Crippen MR) is 193 cm³/mol. The minimum atomic E-state index is -1.09. The van der Waals surface area contributed by atoms with Crippen LogP contribution in [0.4, 0.5) is 20.3 Å². The molecule has 19 heteroatoms. The first-order valence-electron chi connectivity index (χ1n) is 16.2. The van der Waals surface area contributed by atoms with Crippen LogP contribution in [0.2, 0.25) is 0 Å². The van der Waals surface area contributed by atoms with Crippen LogP contribution in [0, 0.1) is 23.0 Å². The number of rotatable bonds is 15. The lowest BCUT2D eigenvalue weighted by Crippen LogP contribution is -2.44. The number of nitrogens with two attached hydrogens (primary N) is 2. The third-order valence-electron chi connectivity index (χ3n) is 7.54. The first-order chi connectivity index (χ1) is 25.4. The van der Waals surface area contributed by atoms with Gasteiger partial charge in [-0.1, -0.05) is 13.8 Å². The lowest BCUT2D eigenvalue weighted by atomic mass is 10.0. The van der Waals surface area contributed by atoms with Crippen LogP contribution in [-0.4, -0.2) is 88.1 Å². The van der Waals surface area contributed by atoms with Gasteiger partial charge >= 0.3 is 0 Å². The van der Waals surface area contributed by atoms with Gasteiger partial charge in [-0.3, -0.25) is 29.0 Å². The van der Waals surface area contributed by atoms with Gasteiger partial charge in [0.05, 0.1) is 25.0 Å². The van der Waals surface area contributed by atoms with E-state index in [0.29, 0.717) is 67.3 Å². The molecule has 2 amide bonds. The van der Waals surface area contributed by atoms with Gasteiger partial charge in [0.25, 0.3) is 18.9 Å². The zero-order valence-electron chi connectivity index (χ0n) is 29.4. The molecule has 0 fully saturated rings. The van der Waals surface area contributed by atoms with Crippen LogP contribution < -0.4 is 37.5 Å². The summed E-state index contributed by atoms with van der Waals surface area (Å²) >= 11 is 0. The van der Waals surface area contributed by atoms with Crippen molar-refractivity contribution in [3.05, 3.63) is 71.7 Å². The van der Waals surface area contributed by atoms with Crippen molar-refractivity contribution in [2.45, 2.75) is 39.2 Å². The monoisotopic (exact) mass is 742 g/mol. The second-order valence-electron chi connectivity index (χ2n) is 11.3. The van der Waals surface area contributed by atoms with Gasteiger partial charge in [-0.05, 0) is 61.1 Å². The maximum Gasteiger partial charge on any atom is 0.290 e. The Bertz CT molecular complexity index is 1850. The molecule has 0 aliphatic rings. The van der Waals surface area contributed by atoms with Crippen LogP contribution in [0.15, 0.2) is 48.9 Å². The Morgan fingerprint density at radius 2 is 1.74 bits per heavy atom. The third-order valence-corrected chi connectivity index (χ3v) is 7.54. The highest BCUT2D eigenvalue weighted by molar-refractivity contribution is 5.96. The number of halogens is 2. The first kappa shape index (κ1) is 42.8. The standard InChI is InChI=1S/C32H40F2N10O3.2CH2O2/c1-4-19-14-20(7-8-21(19)30(45)41-15-18(2)16-42-31(46)23(35)6-5-11-39-32(36)37)43-28-29-40-17-24(44(29)13-12-38-28)22-9-10-25(47-3)27(34)26(22)33;2*2-1-3/h7-10,12-14,17-18,23H,4-6,11,15-16,35H2,1-3H3,(H,38,43)(H,41,45)(H,42,46)(H4,36,37,39);2*1H,(H,2,3)/t18-,23-;;/m1../s1. The number of aromatic nitrogens is 3. The smallest absolute Gasteiger partial charge is 0.290 e. The molecule has 0 bridgehead atoms. The van der Waals surface area contributed by atoms with Crippen molar-refractivity contribution >= 4 is 47.9 Å². The number of ether oxygens (including phenoxy) is 1. The van der Waals surface area contributed by atoms with E-state index >= 15 is 0 Å². The topological polar surface area (TPSA) is 272 Å². The molecule has 286 valence electrons. The summed E-state index contributed by atoms with van der Waals surface area (Å²) in [4.78, 5) is 50.9. The largest absolute Gasteiger partial charge is 0.494 e. The van der Waals surface area contributed by atoms with Crippen molar-refractivity contribution in [3.8, 4) is 17.0 Å². The average molecular weight is 743 g/mol. The van der Waals surface area contributed by atoms with Crippen LogP contribution >= 0.6 is 0 Å². The molecular formula is C34H44F2N10O7. The van der Waals surface area contributed by atoms with Crippen LogP contribution in [-0.2, 0) is 20.8 Å². The van der Waals surface area contributed by atoms with Crippen molar-refractivity contribution < 1.29 is 42.9 Å². The number of imidazole rings is 1. The van der Waals surface area contributed by atoms with Gasteiger partial charge in [0, 0.05) is 48.8 Å². The van der Waals surface area contributed by atoms with Gasteiger partial charge in [0.15, 0.2) is 29.0 Å². The highest BCUT2D eigenvalue weighted by atomic mass is 19.2. The number of hydrogen-bond donors (Lipinski definition) is 9. The van der Waals surface area contributed by atoms with Gasteiger partial charge in [-0.15, -0.1) is 0 Å². The minimum Gasteiger partial charge on any atom is -0.494 e. The summed E-state index contributed by atoms with van der Waals surface area (Å²) in [6.07, 6.45) is 6.18. The Labute approximate surface area is 303 Å². The molecule has 0 aliphatic carbocycles. The van der Waals surface area contributed by atoms with E-state index in [0.717, 1.165) is 5.56 Å². The van der Waals surface area contributed by atoms with Gasteiger partial charge in [-0.2, -0.15) is 4.39 Å². The second-order valence-corrected chi connectivity index (χ2v) is 11.3. The number of methoxy groups -OCH3 is 1. The average Bonchev–Trinajstić information content (AvgIpc) is 3.57. The van der Waals surface area contributed by atoms with E-state index in [1.54, 1.807) is 22.7 Å². The van der Waals surface area contributed by atoms with E-state index in [1.165, 1.54) is 31.6 Å². The maximum atomic E-state index is 14.8. The van der Waals surface area contributed by atoms with Gasteiger partial charge in [0.1, 0.15) is 0 Å². The minimum absolute atomic E-state index is 0.0205. The van der Waals surface area contributed by atoms with Crippen LogP contribution in [0.3, 0.4) is 0 Å². The van der Waals surface area contributed by atoms with Crippen LogP contribution in [0.25, 0.3) is 16.9 Å². The molecule has 0 aliphatic heterocycles. The van der Waals surface area contributed by atoms with Crippen molar-refractivity contribution in [1.29, 1.82) is 5.41 Å². The number of nitrogens with zero attached hydrogens (tertiary/aromatic N) is 3. The molecule has 4 rings (SSSR count). The van der Waals surface area contributed by atoms with Crippen molar-refractivity contribution in [3.63, 3.8) is 0 Å². The molecule has 2 atom stereocenters. The quantitative estimate of drug-likeness (QED) is 0.0367. The van der Waals surface area contributed by atoms with E-state index in [2.05, 4.69) is 31.2 Å². The molecule has 4 aromatic rings. The van der Waals surface area contributed by atoms with Gasteiger partial charge in [0.2, 0.25) is 11.7 Å². The molecule has 2 aromatic heterocycles. The van der Waals surface area contributed by atoms with Crippen molar-refractivity contribution in [2.75, 3.05) is 32.1 Å². The Morgan fingerprint density at radius 1 is 1.06 bits per heavy atom. The highest BCUT2D eigenvalue weighted by Gasteiger charge is 2.20. The highest BCUT2D eigenvalue weighted by Crippen LogP contribution is 2.31. The molecule has 2 heterocycles. The molecule has 0 unspecified atom stereocenters. The number of anilines is 2. The Hall–Kier alpha value is -6.37. The SMILES string of the molecule is CCc1cc(Nc2nccn3c(-c4ccc(OC)c(F)c4F)cnc23)ccc1C(=O)NC[C@@H](C)CNC(=O)[C@H](N)CCCNC(=N)N.O=CO.O=CO. The zero-order chi connectivity index (χ0) is 39.5. The predicted octanol–water partition coefficient (Wildman–Crippen LogP) is 2.46. The number of carbonyl (C=O) groups is 4. The van der Waals surface area contributed by atoms with E-state index < -0.39 is 17.7 Å². The summed E-state index contributed by atoms with van der Waals surface area (Å²) in [6, 6.07) is 7.42. The molecule has 53 heavy (non-hydrogen) atoms. The summed E-state index contributed by atoms with van der Waals surface area (Å²) in [5.74, 6) is -2.64. The number of hydrogen-bond acceptors (Lipinski definition) is 10. The maximum absolute atomic E-state index is 14.8. The van der Waals surface area contributed by atoms with Crippen molar-refractivity contribution in [2.24, 2.45) is 17.4 Å².